The molecule has 5 nitrogen and oxygen atoms in total. The van der Waals surface area contributed by atoms with E-state index in [-0.39, 0.29) is 17.0 Å². The minimum atomic E-state index is -3.78. The Kier molecular flexibility index (Phi) is 7.29. The Morgan fingerprint density at radius 2 is 1.96 bits per heavy atom. The van der Waals surface area contributed by atoms with Crippen LogP contribution in [-0.4, -0.2) is 43.2 Å². The maximum absolute atomic E-state index is 14.4. The van der Waals surface area contributed by atoms with Gasteiger partial charge in [-0.05, 0) is 29.6 Å². The molecule has 0 radical (unpaired) electrons. The van der Waals surface area contributed by atoms with Gasteiger partial charge in [0.05, 0.1) is 17.0 Å². The van der Waals surface area contributed by atoms with Gasteiger partial charge in [-0.15, -0.1) is 17.9 Å². The van der Waals surface area contributed by atoms with Crippen LogP contribution in [0.5, 0.6) is 0 Å². The highest BCUT2D eigenvalue weighted by Crippen LogP contribution is 2.22. The molecule has 2 aromatic rings. The van der Waals surface area contributed by atoms with E-state index in [1.54, 1.807) is 19.9 Å². The van der Waals surface area contributed by atoms with Crippen LogP contribution in [0.1, 0.15) is 29.1 Å². The highest BCUT2D eigenvalue weighted by molar-refractivity contribution is 7.89. The Hall–Kier alpha value is -2.03. The van der Waals surface area contributed by atoms with Gasteiger partial charge < -0.3 is 4.90 Å². The van der Waals surface area contributed by atoms with Crippen LogP contribution in [-0.2, 0) is 16.6 Å². The number of benzene rings is 1. The summed E-state index contributed by atoms with van der Waals surface area (Å²) in [6, 6.07) is 7.09. The SMILES string of the molecule is C=CCN(Cc1cccs1)C(=O)c1cc(S(=O)(=O)N(CC)CC)ccc1F. The number of amides is 1. The number of rotatable bonds is 9. The van der Waals surface area contributed by atoms with Crippen LogP contribution in [0.2, 0.25) is 0 Å². The largest absolute Gasteiger partial charge is 0.330 e. The second-order valence-corrected chi connectivity index (χ2v) is 8.75. The molecule has 8 heteroatoms. The van der Waals surface area contributed by atoms with E-state index in [9.17, 15) is 17.6 Å². The van der Waals surface area contributed by atoms with Crippen molar-refractivity contribution in [3.05, 3.63) is 64.6 Å². The van der Waals surface area contributed by atoms with Crippen LogP contribution in [0.15, 0.2) is 53.3 Å². The minimum absolute atomic E-state index is 0.0920. The highest BCUT2D eigenvalue weighted by atomic mass is 32.2. The maximum Gasteiger partial charge on any atom is 0.257 e. The van der Waals surface area contributed by atoms with Gasteiger partial charge in [-0.1, -0.05) is 26.0 Å². The van der Waals surface area contributed by atoms with E-state index in [4.69, 9.17) is 0 Å². The number of carbonyl (C=O) groups excluding carboxylic acids is 1. The summed E-state index contributed by atoms with van der Waals surface area (Å²) in [6.45, 7) is 8.21. The molecule has 0 aliphatic carbocycles. The lowest BCUT2D eigenvalue weighted by atomic mass is 10.2. The van der Waals surface area contributed by atoms with E-state index >= 15 is 0 Å². The summed E-state index contributed by atoms with van der Waals surface area (Å²) in [7, 11) is -3.78. The van der Waals surface area contributed by atoms with Crippen LogP contribution in [0, 0.1) is 5.82 Å². The van der Waals surface area contributed by atoms with E-state index < -0.39 is 21.7 Å². The Labute approximate surface area is 163 Å². The Morgan fingerprint density at radius 1 is 1.26 bits per heavy atom. The molecule has 2 rings (SSSR count). The Balaban J connectivity index is 2.41. The smallest absolute Gasteiger partial charge is 0.257 e. The van der Waals surface area contributed by atoms with Crippen molar-refractivity contribution < 1.29 is 17.6 Å². The fraction of sp³-hybridized carbons (Fsp3) is 0.316. The molecule has 0 atom stereocenters. The predicted octanol–water partition coefficient (Wildman–Crippen LogP) is 3.75. The summed E-state index contributed by atoms with van der Waals surface area (Å²) >= 11 is 1.49. The first-order valence-corrected chi connectivity index (χ1v) is 10.9. The topological polar surface area (TPSA) is 57.7 Å². The van der Waals surface area contributed by atoms with Gasteiger partial charge in [-0.2, -0.15) is 4.31 Å². The van der Waals surface area contributed by atoms with Crippen LogP contribution in [0.3, 0.4) is 0 Å². The second kappa shape index (κ2) is 9.25. The molecule has 0 aliphatic heterocycles. The molecular formula is C19H23FN2O3S2. The fourth-order valence-corrected chi connectivity index (χ4v) is 4.88. The number of carbonyl (C=O) groups is 1. The van der Waals surface area contributed by atoms with Crippen molar-refractivity contribution >= 4 is 27.3 Å². The van der Waals surface area contributed by atoms with Gasteiger partial charge in [0, 0.05) is 24.5 Å². The first-order chi connectivity index (χ1) is 12.8. The first kappa shape index (κ1) is 21.3. The zero-order valence-corrected chi connectivity index (χ0v) is 17.0. The lowest BCUT2D eigenvalue weighted by Gasteiger charge is -2.22. The maximum atomic E-state index is 14.4. The third kappa shape index (κ3) is 4.82. The van der Waals surface area contributed by atoms with Crippen LogP contribution >= 0.6 is 11.3 Å². The molecule has 1 heterocycles. The summed E-state index contributed by atoms with van der Waals surface area (Å²) in [6.07, 6.45) is 1.56. The highest BCUT2D eigenvalue weighted by Gasteiger charge is 2.26. The van der Waals surface area contributed by atoms with Gasteiger partial charge in [0.25, 0.3) is 5.91 Å². The molecule has 27 heavy (non-hydrogen) atoms. The molecule has 0 bridgehead atoms. The number of thiophene rings is 1. The molecule has 1 amide bonds. The molecule has 0 saturated carbocycles. The van der Waals surface area contributed by atoms with E-state index in [0.717, 1.165) is 17.0 Å². The Morgan fingerprint density at radius 3 is 2.52 bits per heavy atom. The number of halogens is 1. The van der Waals surface area contributed by atoms with Gasteiger partial charge in [0.15, 0.2) is 0 Å². The van der Waals surface area contributed by atoms with Crippen molar-refractivity contribution in [1.82, 2.24) is 9.21 Å². The summed E-state index contributed by atoms with van der Waals surface area (Å²) in [4.78, 5) is 15.2. The predicted molar refractivity (Wildman–Crippen MR) is 106 cm³/mol. The van der Waals surface area contributed by atoms with E-state index in [0.29, 0.717) is 19.6 Å². The summed E-state index contributed by atoms with van der Waals surface area (Å²) in [5, 5.41) is 1.89. The molecule has 0 aliphatic rings. The lowest BCUT2D eigenvalue weighted by Crippen LogP contribution is -2.32. The molecule has 0 saturated heterocycles. The van der Waals surface area contributed by atoms with Gasteiger partial charge in [0.1, 0.15) is 5.82 Å². The van der Waals surface area contributed by atoms with Crippen molar-refractivity contribution in [2.75, 3.05) is 19.6 Å². The van der Waals surface area contributed by atoms with Crippen molar-refractivity contribution in [2.24, 2.45) is 0 Å². The Bertz CT molecular complexity index is 892. The standard InChI is InChI=1S/C19H23FN2O3S2/c1-4-11-21(14-15-8-7-12-26-15)19(23)17-13-16(9-10-18(17)20)27(24,25)22(5-2)6-3/h4,7-10,12-13H,1,5-6,11,14H2,2-3H3. The van der Waals surface area contributed by atoms with Gasteiger partial charge in [0.2, 0.25) is 10.0 Å². The van der Waals surface area contributed by atoms with Crippen LogP contribution in [0.25, 0.3) is 0 Å². The summed E-state index contributed by atoms with van der Waals surface area (Å²) < 4.78 is 41.0. The third-order valence-corrected chi connectivity index (χ3v) is 6.98. The lowest BCUT2D eigenvalue weighted by molar-refractivity contribution is 0.0759. The van der Waals surface area contributed by atoms with Crippen molar-refractivity contribution in [2.45, 2.75) is 25.3 Å². The summed E-state index contributed by atoms with van der Waals surface area (Å²) in [5.74, 6) is -1.32. The quantitative estimate of drug-likeness (QED) is 0.592. The van der Waals surface area contributed by atoms with Crippen LogP contribution < -0.4 is 0 Å². The van der Waals surface area contributed by atoms with Gasteiger partial charge in [-0.3, -0.25) is 4.79 Å². The van der Waals surface area contributed by atoms with Crippen molar-refractivity contribution in [1.29, 1.82) is 0 Å². The molecule has 0 unspecified atom stereocenters. The molecule has 0 fully saturated rings. The number of sulfonamides is 1. The fourth-order valence-electron chi connectivity index (χ4n) is 2.68. The monoisotopic (exact) mass is 410 g/mol. The molecule has 1 aromatic heterocycles. The van der Waals surface area contributed by atoms with Crippen molar-refractivity contribution in [3.63, 3.8) is 0 Å². The van der Waals surface area contributed by atoms with E-state index in [1.165, 1.54) is 26.6 Å². The number of hydrogen-bond donors (Lipinski definition) is 0. The molecule has 0 N–H and O–H groups in total. The zero-order chi connectivity index (χ0) is 20.0. The summed E-state index contributed by atoms with van der Waals surface area (Å²) in [5.41, 5.74) is -0.262. The molecule has 0 spiro atoms. The number of hydrogen-bond acceptors (Lipinski definition) is 4. The minimum Gasteiger partial charge on any atom is -0.330 e. The molecule has 146 valence electrons. The van der Waals surface area contributed by atoms with Gasteiger partial charge in [-0.25, -0.2) is 12.8 Å². The molecular weight excluding hydrogens is 387 g/mol. The second-order valence-electron chi connectivity index (χ2n) is 5.78. The van der Waals surface area contributed by atoms with E-state index in [2.05, 4.69) is 6.58 Å². The molecule has 1 aromatic carbocycles. The zero-order valence-electron chi connectivity index (χ0n) is 15.4. The third-order valence-electron chi connectivity index (χ3n) is 4.07. The van der Waals surface area contributed by atoms with Crippen LogP contribution in [0.4, 0.5) is 4.39 Å². The first-order valence-electron chi connectivity index (χ1n) is 8.57. The van der Waals surface area contributed by atoms with Gasteiger partial charge >= 0.3 is 0 Å². The van der Waals surface area contributed by atoms with E-state index in [1.807, 2.05) is 17.5 Å². The normalized spacial score (nSPS) is 11.6. The van der Waals surface area contributed by atoms with Crippen molar-refractivity contribution in [3.8, 4) is 0 Å². The average Bonchev–Trinajstić information content (AvgIpc) is 3.15. The average molecular weight is 411 g/mol. The number of nitrogens with zero attached hydrogens (tertiary/aromatic N) is 2.